The largest absolute Gasteiger partial charge is 0.329 e. The van der Waals surface area contributed by atoms with Crippen LogP contribution in [-0.2, 0) is 0 Å². The van der Waals surface area contributed by atoms with E-state index >= 15 is 0 Å². The first-order valence-corrected chi connectivity index (χ1v) is 7.97. The van der Waals surface area contributed by atoms with Crippen LogP contribution < -0.4 is 5.73 Å². The Morgan fingerprint density at radius 3 is 2.53 bits per heavy atom. The van der Waals surface area contributed by atoms with E-state index in [9.17, 15) is 0 Å². The molecule has 100 valence electrons. The monoisotopic (exact) mass is 335 g/mol. The Kier molecular flexibility index (Phi) is 5.08. The molecule has 0 bridgehead atoms. The summed E-state index contributed by atoms with van der Waals surface area (Å²) in [5.41, 5.74) is 9.86. The zero-order valence-electron chi connectivity index (χ0n) is 11.2. The van der Waals surface area contributed by atoms with Crippen molar-refractivity contribution in [2.75, 3.05) is 6.54 Å². The Morgan fingerprint density at radius 1 is 1.11 bits per heavy atom. The van der Waals surface area contributed by atoms with E-state index in [2.05, 4.69) is 66.2 Å². The van der Waals surface area contributed by atoms with Crippen LogP contribution in [0.3, 0.4) is 0 Å². The van der Waals surface area contributed by atoms with Crippen LogP contribution in [0.4, 0.5) is 0 Å². The van der Waals surface area contributed by atoms with E-state index in [0.29, 0.717) is 11.8 Å². The fourth-order valence-electron chi connectivity index (χ4n) is 1.91. The molecule has 0 spiro atoms. The Balaban J connectivity index is 2.21. The third-order valence-electron chi connectivity index (χ3n) is 3.19. The summed E-state index contributed by atoms with van der Waals surface area (Å²) in [7, 11) is 0. The minimum absolute atomic E-state index is 0.291. The SMILES string of the molecule is Cc1ccc(SC(CN)c2cccc(Br)c2)cc1C. The predicted octanol–water partition coefficient (Wildman–Crippen LogP) is 4.86. The van der Waals surface area contributed by atoms with Gasteiger partial charge in [-0.2, -0.15) is 0 Å². The average Bonchev–Trinajstić information content (AvgIpc) is 2.40. The molecule has 1 unspecified atom stereocenters. The topological polar surface area (TPSA) is 26.0 Å². The van der Waals surface area contributed by atoms with E-state index in [4.69, 9.17) is 5.73 Å². The van der Waals surface area contributed by atoms with E-state index < -0.39 is 0 Å². The van der Waals surface area contributed by atoms with Crippen LogP contribution in [0.15, 0.2) is 51.8 Å². The number of aryl methyl sites for hydroxylation is 2. The van der Waals surface area contributed by atoms with Gasteiger partial charge in [0.1, 0.15) is 0 Å². The fourth-order valence-corrected chi connectivity index (χ4v) is 3.43. The van der Waals surface area contributed by atoms with E-state index in [1.165, 1.54) is 21.6 Å². The molecule has 0 amide bonds. The zero-order chi connectivity index (χ0) is 13.8. The molecule has 2 aromatic rings. The maximum absolute atomic E-state index is 5.93. The molecular weight excluding hydrogens is 318 g/mol. The van der Waals surface area contributed by atoms with Crippen LogP contribution in [0.2, 0.25) is 0 Å². The van der Waals surface area contributed by atoms with Gasteiger partial charge in [-0.3, -0.25) is 0 Å². The van der Waals surface area contributed by atoms with E-state index in [1.54, 1.807) is 0 Å². The lowest BCUT2D eigenvalue weighted by Crippen LogP contribution is -2.09. The van der Waals surface area contributed by atoms with Gasteiger partial charge < -0.3 is 5.73 Å². The Morgan fingerprint density at radius 2 is 1.89 bits per heavy atom. The molecule has 0 fully saturated rings. The van der Waals surface area contributed by atoms with Crippen LogP contribution in [0.1, 0.15) is 21.9 Å². The second-order valence-electron chi connectivity index (χ2n) is 4.64. The van der Waals surface area contributed by atoms with E-state index in [-0.39, 0.29) is 0 Å². The Hall–Kier alpha value is -0.770. The normalized spacial score (nSPS) is 12.4. The van der Waals surface area contributed by atoms with Gasteiger partial charge in [-0.25, -0.2) is 0 Å². The lowest BCUT2D eigenvalue weighted by Gasteiger charge is -2.16. The molecule has 0 aliphatic heterocycles. The lowest BCUT2D eigenvalue weighted by atomic mass is 10.1. The summed E-state index contributed by atoms with van der Waals surface area (Å²) in [6, 6.07) is 15.0. The van der Waals surface area contributed by atoms with Crippen molar-refractivity contribution >= 4 is 27.7 Å². The zero-order valence-corrected chi connectivity index (χ0v) is 13.6. The molecule has 0 saturated carbocycles. The number of nitrogens with two attached hydrogens (primary N) is 1. The van der Waals surface area contributed by atoms with Crippen LogP contribution >= 0.6 is 27.7 Å². The number of thioether (sulfide) groups is 1. The van der Waals surface area contributed by atoms with Gasteiger partial charge >= 0.3 is 0 Å². The van der Waals surface area contributed by atoms with Gasteiger partial charge in [0.25, 0.3) is 0 Å². The molecule has 0 saturated heterocycles. The number of rotatable bonds is 4. The molecule has 3 heteroatoms. The first-order chi connectivity index (χ1) is 9.10. The summed E-state index contributed by atoms with van der Waals surface area (Å²) < 4.78 is 1.10. The van der Waals surface area contributed by atoms with Gasteiger partial charge in [0.2, 0.25) is 0 Å². The summed E-state index contributed by atoms with van der Waals surface area (Å²) in [5.74, 6) is 0. The summed E-state index contributed by atoms with van der Waals surface area (Å²) >= 11 is 5.34. The molecule has 0 aliphatic rings. The van der Waals surface area contributed by atoms with Crippen molar-refractivity contribution in [3.8, 4) is 0 Å². The van der Waals surface area contributed by atoms with Crippen molar-refractivity contribution in [1.82, 2.24) is 0 Å². The molecule has 19 heavy (non-hydrogen) atoms. The minimum Gasteiger partial charge on any atom is -0.329 e. The molecule has 2 aromatic carbocycles. The predicted molar refractivity (Wildman–Crippen MR) is 87.7 cm³/mol. The molecule has 1 nitrogen and oxygen atoms in total. The van der Waals surface area contributed by atoms with Gasteiger partial charge in [-0.05, 0) is 54.8 Å². The maximum atomic E-state index is 5.93. The van der Waals surface area contributed by atoms with Crippen molar-refractivity contribution in [2.45, 2.75) is 24.0 Å². The van der Waals surface area contributed by atoms with Crippen molar-refractivity contribution in [3.63, 3.8) is 0 Å². The molecular formula is C16H18BrNS. The average molecular weight is 336 g/mol. The van der Waals surface area contributed by atoms with Crippen LogP contribution in [0, 0.1) is 13.8 Å². The van der Waals surface area contributed by atoms with Gasteiger partial charge in [0.15, 0.2) is 0 Å². The smallest absolute Gasteiger partial charge is 0.0467 e. The van der Waals surface area contributed by atoms with Gasteiger partial charge in [0.05, 0.1) is 0 Å². The number of hydrogen-bond acceptors (Lipinski definition) is 2. The van der Waals surface area contributed by atoms with Gasteiger partial charge in [-0.15, -0.1) is 11.8 Å². The van der Waals surface area contributed by atoms with Crippen molar-refractivity contribution < 1.29 is 0 Å². The number of halogens is 1. The first-order valence-electron chi connectivity index (χ1n) is 6.29. The quantitative estimate of drug-likeness (QED) is 0.807. The van der Waals surface area contributed by atoms with Crippen molar-refractivity contribution in [2.24, 2.45) is 5.73 Å². The molecule has 1 atom stereocenters. The van der Waals surface area contributed by atoms with Crippen molar-refractivity contribution in [1.29, 1.82) is 0 Å². The third-order valence-corrected chi connectivity index (χ3v) is 4.96. The highest BCUT2D eigenvalue weighted by molar-refractivity contribution is 9.10. The summed E-state index contributed by atoms with van der Waals surface area (Å²) in [6.45, 7) is 4.92. The van der Waals surface area contributed by atoms with Crippen LogP contribution in [0.5, 0.6) is 0 Å². The Labute approximate surface area is 127 Å². The van der Waals surface area contributed by atoms with Crippen LogP contribution in [0.25, 0.3) is 0 Å². The van der Waals surface area contributed by atoms with Crippen molar-refractivity contribution in [3.05, 3.63) is 63.6 Å². The molecule has 0 aliphatic carbocycles. The molecule has 0 heterocycles. The Bertz CT molecular complexity index is 568. The van der Waals surface area contributed by atoms with Crippen LogP contribution in [-0.4, -0.2) is 6.54 Å². The minimum atomic E-state index is 0.291. The second-order valence-corrected chi connectivity index (χ2v) is 6.84. The molecule has 2 rings (SSSR count). The second kappa shape index (κ2) is 6.60. The summed E-state index contributed by atoms with van der Waals surface area (Å²) in [4.78, 5) is 1.28. The fraction of sp³-hybridized carbons (Fsp3) is 0.250. The molecule has 0 radical (unpaired) electrons. The standard InChI is InChI=1S/C16H18BrNS/c1-11-6-7-15(8-12(11)2)19-16(10-18)13-4-3-5-14(17)9-13/h3-9,16H,10,18H2,1-2H3. The highest BCUT2D eigenvalue weighted by Crippen LogP contribution is 2.35. The summed E-state index contributed by atoms with van der Waals surface area (Å²) in [5, 5.41) is 0.291. The highest BCUT2D eigenvalue weighted by Gasteiger charge is 2.12. The van der Waals surface area contributed by atoms with E-state index in [0.717, 1.165) is 4.47 Å². The van der Waals surface area contributed by atoms with Gasteiger partial charge in [0, 0.05) is 21.2 Å². The number of benzene rings is 2. The third kappa shape index (κ3) is 3.85. The molecule has 0 aromatic heterocycles. The van der Waals surface area contributed by atoms with E-state index in [1.807, 2.05) is 17.8 Å². The lowest BCUT2D eigenvalue weighted by molar-refractivity contribution is 0.939. The summed E-state index contributed by atoms with van der Waals surface area (Å²) in [6.07, 6.45) is 0. The number of hydrogen-bond donors (Lipinski definition) is 1. The van der Waals surface area contributed by atoms with Gasteiger partial charge in [-0.1, -0.05) is 34.1 Å². The first kappa shape index (κ1) is 14.6. The highest BCUT2D eigenvalue weighted by atomic mass is 79.9. The molecule has 2 N–H and O–H groups in total. The maximum Gasteiger partial charge on any atom is 0.0467 e.